The van der Waals surface area contributed by atoms with Gasteiger partial charge in [-0.3, -0.25) is 9.36 Å². The molecule has 0 aliphatic carbocycles. The number of carbonyl (C=O) groups is 1. The Morgan fingerprint density at radius 1 is 1.28 bits per heavy atom. The molecule has 1 aromatic heterocycles. The molecule has 1 saturated heterocycles. The van der Waals surface area contributed by atoms with Gasteiger partial charge < -0.3 is 4.90 Å². The third-order valence-electron chi connectivity index (χ3n) is 4.89. The van der Waals surface area contributed by atoms with Crippen molar-refractivity contribution >= 4 is 17.7 Å². The monoisotopic (exact) mass is 358 g/mol. The minimum atomic E-state index is 0.217. The second kappa shape index (κ2) is 8.52. The summed E-state index contributed by atoms with van der Waals surface area (Å²) in [7, 11) is 0. The Bertz CT molecular complexity index is 715. The first kappa shape index (κ1) is 18.0. The van der Waals surface area contributed by atoms with Crippen LogP contribution in [0.15, 0.2) is 35.7 Å². The molecule has 1 aliphatic heterocycles. The molecule has 5 nitrogen and oxygen atoms in total. The van der Waals surface area contributed by atoms with Gasteiger partial charge in [-0.25, -0.2) is 0 Å². The van der Waals surface area contributed by atoms with Crippen LogP contribution < -0.4 is 0 Å². The van der Waals surface area contributed by atoms with Crippen LogP contribution in [0, 0.1) is 0 Å². The van der Waals surface area contributed by atoms with Crippen molar-refractivity contribution in [2.75, 3.05) is 12.3 Å². The summed E-state index contributed by atoms with van der Waals surface area (Å²) in [6.45, 7) is 5.20. The van der Waals surface area contributed by atoms with E-state index in [1.807, 2.05) is 16.7 Å². The van der Waals surface area contributed by atoms with Gasteiger partial charge >= 0.3 is 0 Å². The second-order valence-corrected chi connectivity index (χ2v) is 7.34. The maximum absolute atomic E-state index is 12.7. The van der Waals surface area contributed by atoms with Gasteiger partial charge in [0, 0.05) is 12.6 Å². The van der Waals surface area contributed by atoms with E-state index in [2.05, 4.69) is 41.1 Å². The Balaban J connectivity index is 1.70. The topological polar surface area (TPSA) is 51.0 Å². The lowest BCUT2D eigenvalue weighted by molar-refractivity contribution is -0.132. The van der Waals surface area contributed by atoms with Crippen molar-refractivity contribution in [2.24, 2.45) is 0 Å². The molecule has 1 aromatic carbocycles. The number of benzene rings is 1. The van der Waals surface area contributed by atoms with E-state index in [-0.39, 0.29) is 5.91 Å². The van der Waals surface area contributed by atoms with E-state index in [0.29, 0.717) is 11.8 Å². The van der Waals surface area contributed by atoms with E-state index in [1.54, 1.807) is 6.33 Å². The Morgan fingerprint density at radius 3 is 2.92 bits per heavy atom. The molecule has 2 heterocycles. The van der Waals surface area contributed by atoms with Crippen LogP contribution in [-0.4, -0.2) is 43.9 Å². The van der Waals surface area contributed by atoms with Crippen molar-refractivity contribution in [1.29, 1.82) is 0 Å². The van der Waals surface area contributed by atoms with Gasteiger partial charge in [0.05, 0.1) is 11.4 Å². The van der Waals surface area contributed by atoms with E-state index in [0.717, 1.165) is 43.1 Å². The van der Waals surface area contributed by atoms with Gasteiger partial charge in [0.25, 0.3) is 0 Å². The molecule has 134 valence electrons. The van der Waals surface area contributed by atoms with Gasteiger partial charge in [0.15, 0.2) is 5.16 Å². The molecule has 25 heavy (non-hydrogen) atoms. The highest BCUT2D eigenvalue weighted by Gasteiger charge is 2.25. The lowest BCUT2D eigenvalue weighted by Crippen LogP contribution is -2.44. The highest BCUT2D eigenvalue weighted by atomic mass is 32.2. The van der Waals surface area contributed by atoms with E-state index in [9.17, 15) is 4.79 Å². The van der Waals surface area contributed by atoms with E-state index in [4.69, 9.17) is 0 Å². The van der Waals surface area contributed by atoms with Crippen LogP contribution in [0.1, 0.15) is 45.1 Å². The first-order chi connectivity index (χ1) is 12.2. The number of nitrogens with zero attached hydrogens (tertiary/aromatic N) is 4. The lowest BCUT2D eigenvalue weighted by Gasteiger charge is -2.35. The van der Waals surface area contributed by atoms with Crippen LogP contribution in [0.2, 0.25) is 0 Å². The van der Waals surface area contributed by atoms with Crippen LogP contribution >= 0.6 is 11.8 Å². The molecule has 0 bridgehead atoms. The summed E-state index contributed by atoms with van der Waals surface area (Å²) < 4.78 is 1.99. The maximum Gasteiger partial charge on any atom is 0.233 e. The van der Waals surface area contributed by atoms with Crippen molar-refractivity contribution in [3.63, 3.8) is 0 Å². The fourth-order valence-electron chi connectivity index (χ4n) is 3.50. The standard InChI is InChI=1S/C19H26N4OS/c1-3-15-9-5-6-11-17(15)23-14-20-21-19(23)25-13-18(24)22-12-8-7-10-16(22)4-2/h5-6,9,11,14,16H,3-4,7-8,10,12-13H2,1-2H3. The van der Waals surface area contributed by atoms with Gasteiger partial charge in [-0.2, -0.15) is 0 Å². The molecule has 6 heteroatoms. The molecule has 1 amide bonds. The number of carbonyl (C=O) groups excluding carboxylic acids is 1. The van der Waals surface area contributed by atoms with Gasteiger partial charge in [0.1, 0.15) is 6.33 Å². The number of hydrogen-bond acceptors (Lipinski definition) is 4. The predicted octanol–water partition coefficient (Wildman–Crippen LogP) is 3.71. The molecule has 1 fully saturated rings. The molecule has 2 aromatic rings. The van der Waals surface area contributed by atoms with Gasteiger partial charge in [0.2, 0.25) is 5.91 Å². The average molecular weight is 359 g/mol. The molecular formula is C19H26N4OS. The molecule has 1 unspecified atom stereocenters. The fraction of sp³-hybridized carbons (Fsp3) is 0.526. The Morgan fingerprint density at radius 2 is 2.12 bits per heavy atom. The third-order valence-corrected chi connectivity index (χ3v) is 5.82. The minimum absolute atomic E-state index is 0.217. The number of amides is 1. The molecule has 0 saturated carbocycles. The highest BCUT2D eigenvalue weighted by molar-refractivity contribution is 7.99. The SMILES string of the molecule is CCc1ccccc1-n1cnnc1SCC(=O)N1CCCCC1CC. The zero-order chi connectivity index (χ0) is 17.6. The second-order valence-electron chi connectivity index (χ2n) is 6.40. The van der Waals surface area contributed by atoms with Gasteiger partial charge in [-0.05, 0) is 43.7 Å². The number of likely N-dealkylation sites (tertiary alicyclic amines) is 1. The first-order valence-corrected chi connectivity index (χ1v) is 10.1. The molecule has 3 rings (SSSR count). The minimum Gasteiger partial charge on any atom is -0.339 e. The van der Waals surface area contributed by atoms with Crippen LogP contribution in [0.3, 0.4) is 0 Å². The molecule has 0 spiro atoms. The van der Waals surface area contributed by atoms with Crippen LogP contribution in [0.25, 0.3) is 5.69 Å². The van der Waals surface area contributed by atoms with Crippen molar-refractivity contribution in [1.82, 2.24) is 19.7 Å². The zero-order valence-corrected chi connectivity index (χ0v) is 15.8. The Labute approximate surface area is 153 Å². The number of aromatic nitrogens is 3. The summed E-state index contributed by atoms with van der Waals surface area (Å²) in [6, 6.07) is 8.67. The van der Waals surface area contributed by atoms with Gasteiger partial charge in [-0.1, -0.05) is 43.8 Å². The summed E-state index contributed by atoms with van der Waals surface area (Å²) in [4.78, 5) is 14.7. The summed E-state index contributed by atoms with van der Waals surface area (Å²) in [5, 5.41) is 9.07. The van der Waals surface area contributed by atoms with Crippen molar-refractivity contribution in [3.8, 4) is 5.69 Å². The highest BCUT2D eigenvalue weighted by Crippen LogP contribution is 2.25. The number of hydrogen-bond donors (Lipinski definition) is 0. The molecule has 1 atom stereocenters. The number of piperidine rings is 1. The fourth-order valence-corrected chi connectivity index (χ4v) is 4.30. The quantitative estimate of drug-likeness (QED) is 0.739. The van der Waals surface area contributed by atoms with Crippen molar-refractivity contribution in [3.05, 3.63) is 36.2 Å². The number of para-hydroxylation sites is 1. The largest absolute Gasteiger partial charge is 0.339 e. The van der Waals surface area contributed by atoms with E-state index in [1.165, 1.54) is 23.7 Å². The van der Waals surface area contributed by atoms with Gasteiger partial charge in [-0.15, -0.1) is 10.2 Å². The summed E-state index contributed by atoms with van der Waals surface area (Å²) in [5.74, 6) is 0.638. The number of aryl methyl sites for hydroxylation is 1. The van der Waals surface area contributed by atoms with E-state index >= 15 is 0 Å². The summed E-state index contributed by atoms with van der Waals surface area (Å²) in [6.07, 6.45) is 7.20. The smallest absolute Gasteiger partial charge is 0.233 e. The zero-order valence-electron chi connectivity index (χ0n) is 15.0. The molecule has 0 radical (unpaired) electrons. The lowest BCUT2D eigenvalue weighted by atomic mass is 10.0. The molecular weight excluding hydrogens is 332 g/mol. The maximum atomic E-state index is 12.7. The van der Waals surface area contributed by atoms with Crippen LogP contribution in [0.5, 0.6) is 0 Å². The molecule has 1 aliphatic rings. The van der Waals surface area contributed by atoms with Crippen LogP contribution in [0.4, 0.5) is 0 Å². The summed E-state index contributed by atoms with van der Waals surface area (Å²) >= 11 is 1.48. The summed E-state index contributed by atoms with van der Waals surface area (Å²) in [5.41, 5.74) is 2.34. The normalized spacial score (nSPS) is 17.7. The number of rotatable bonds is 6. The van der Waals surface area contributed by atoms with Crippen molar-refractivity contribution in [2.45, 2.75) is 57.1 Å². The third kappa shape index (κ3) is 4.06. The number of thioether (sulfide) groups is 1. The van der Waals surface area contributed by atoms with E-state index < -0.39 is 0 Å². The molecule has 0 N–H and O–H groups in total. The Hall–Kier alpha value is -1.82. The average Bonchev–Trinajstić information content (AvgIpc) is 3.14. The first-order valence-electron chi connectivity index (χ1n) is 9.15. The van der Waals surface area contributed by atoms with Crippen molar-refractivity contribution < 1.29 is 4.79 Å². The van der Waals surface area contributed by atoms with Crippen LogP contribution in [-0.2, 0) is 11.2 Å². The Kier molecular flexibility index (Phi) is 6.13. The predicted molar refractivity (Wildman–Crippen MR) is 101 cm³/mol.